The average Bonchev–Trinajstić information content (AvgIpc) is 3.26. The van der Waals surface area contributed by atoms with E-state index in [-0.39, 0.29) is 4.90 Å². The second kappa shape index (κ2) is 8.43. The van der Waals surface area contributed by atoms with Crippen molar-refractivity contribution in [1.82, 2.24) is 4.41 Å². The lowest BCUT2D eigenvalue weighted by Gasteiger charge is -2.23. The Labute approximate surface area is 182 Å². The van der Waals surface area contributed by atoms with Crippen molar-refractivity contribution < 1.29 is 17.9 Å². The molecule has 1 aliphatic heterocycles. The van der Waals surface area contributed by atoms with E-state index in [0.717, 1.165) is 22.4 Å². The number of hydrogen-bond donors (Lipinski definition) is 0. The predicted octanol–water partition coefficient (Wildman–Crippen LogP) is 4.55. The minimum Gasteiger partial charge on any atom is -0.497 e. The average molecular weight is 437 g/mol. The molecule has 3 aromatic rings. The van der Waals surface area contributed by atoms with Gasteiger partial charge in [0.05, 0.1) is 30.9 Å². The first-order valence-corrected chi connectivity index (χ1v) is 11.3. The molecule has 7 heteroatoms. The first-order valence-electron chi connectivity index (χ1n) is 9.89. The van der Waals surface area contributed by atoms with Gasteiger partial charge in [-0.2, -0.15) is 17.9 Å². The van der Waals surface area contributed by atoms with Gasteiger partial charge in [0.2, 0.25) is 0 Å². The monoisotopic (exact) mass is 436 g/mol. The highest BCUT2D eigenvalue weighted by Crippen LogP contribution is 2.37. The van der Waals surface area contributed by atoms with Gasteiger partial charge in [-0.15, -0.1) is 0 Å². The normalized spacial score (nSPS) is 16.2. The number of benzene rings is 3. The summed E-state index contributed by atoms with van der Waals surface area (Å²) in [4.78, 5) is 0.219. The second-order valence-corrected chi connectivity index (χ2v) is 9.15. The van der Waals surface area contributed by atoms with Crippen molar-refractivity contribution >= 4 is 15.7 Å². The van der Waals surface area contributed by atoms with Crippen molar-refractivity contribution in [3.8, 4) is 11.5 Å². The Morgan fingerprint density at radius 3 is 1.94 bits per heavy atom. The first kappa shape index (κ1) is 20.9. The SMILES string of the molecule is COc1ccc(C2=NN(S(=O)(=O)c3ccc(C)cc3)[C@@H](c3ccc(OC)cc3)C2)cc1. The van der Waals surface area contributed by atoms with Crippen molar-refractivity contribution in [2.24, 2.45) is 5.10 Å². The van der Waals surface area contributed by atoms with Crippen LogP contribution in [0.3, 0.4) is 0 Å². The van der Waals surface area contributed by atoms with Gasteiger partial charge in [-0.1, -0.05) is 29.8 Å². The molecule has 0 fully saturated rings. The Hall–Kier alpha value is -3.32. The number of methoxy groups -OCH3 is 2. The highest BCUT2D eigenvalue weighted by atomic mass is 32.2. The standard InChI is InChI=1S/C24H24N2O4S/c1-17-4-14-22(15-5-17)31(27,28)26-24(19-8-12-21(30-3)13-9-19)16-23(25-26)18-6-10-20(29-2)11-7-18/h4-15,24H,16H2,1-3H3/t24-/m1/s1. The van der Waals surface area contributed by atoms with E-state index in [0.29, 0.717) is 17.9 Å². The maximum atomic E-state index is 13.5. The van der Waals surface area contributed by atoms with Crippen molar-refractivity contribution in [2.45, 2.75) is 24.3 Å². The molecule has 0 amide bonds. The van der Waals surface area contributed by atoms with Gasteiger partial charge in [-0.25, -0.2) is 0 Å². The Morgan fingerprint density at radius 1 is 0.839 bits per heavy atom. The van der Waals surface area contributed by atoms with E-state index in [9.17, 15) is 8.42 Å². The molecule has 0 saturated carbocycles. The van der Waals surface area contributed by atoms with Gasteiger partial charge in [0, 0.05) is 6.42 Å². The summed E-state index contributed by atoms with van der Waals surface area (Å²) in [7, 11) is -0.623. The molecule has 0 N–H and O–H groups in total. The molecule has 1 atom stereocenters. The summed E-state index contributed by atoms with van der Waals surface area (Å²) in [6.07, 6.45) is 0.462. The topological polar surface area (TPSA) is 68.2 Å². The third kappa shape index (κ3) is 4.14. The number of aryl methyl sites for hydroxylation is 1. The Bertz CT molecular complexity index is 1190. The Kier molecular flexibility index (Phi) is 5.69. The number of sulfonamides is 1. The van der Waals surface area contributed by atoms with Gasteiger partial charge in [0.1, 0.15) is 11.5 Å². The molecular weight excluding hydrogens is 412 g/mol. The Morgan fingerprint density at radius 2 is 1.39 bits per heavy atom. The predicted molar refractivity (Wildman–Crippen MR) is 120 cm³/mol. The zero-order valence-corrected chi connectivity index (χ0v) is 18.5. The number of nitrogens with zero attached hydrogens (tertiary/aromatic N) is 2. The van der Waals surface area contributed by atoms with Gasteiger partial charge < -0.3 is 9.47 Å². The zero-order valence-electron chi connectivity index (χ0n) is 17.6. The van der Waals surface area contributed by atoms with Crippen LogP contribution >= 0.6 is 0 Å². The summed E-state index contributed by atoms with van der Waals surface area (Å²) in [5.74, 6) is 1.45. The number of hydrazone groups is 1. The second-order valence-electron chi connectivity index (χ2n) is 7.36. The van der Waals surface area contributed by atoms with Crippen molar-refractivity contribution in [3.63, 3.8) is 0 Å². The van der Waals surface area contributed by atoms with Crippen LogP contribution in [0.15, 0.2) is 82.8 Å². The molecular formula is C24H24N2O4S. The van der Waals surface area contributed by atoms with Crippen LogP contribution in [0.2, 0.25) is 0 Å². The van der Waals surface area contributed by atoms with Crippen LogP contribution in [-0.2, 0) is 10.0 Å². The molecule has 1 heterocycles. The minimum atomic E-state index is -3.83. The van der Waals surface area contributed by atoms with E-state index in [1.165, 1.54) is 4.41 Å². The number of rotatable bonds is 6. The summed E-state index contributed by atoms with van der Waals surface area (Å²) in [5, 5.41) is 4.57. The molecule has 0 saturated heterocycles. The molecule has 160 valence electrons. The fourth-order valence-electron chi connectivity index (χ4n) is 3.56. The maximum Gasteiger partial charge on any atom is 0.279 e. The molecule has 0 radical (unpaired) electrons. The molecule has 0 aliphatic carbocycles. The minimum absolute atomic E-state index is 0.219. The maximum absolute atomic E-state index is 13.5. The van der Waals surface area contributed by atoms with Crippen LogP contribution in [0.25, 0.3) is 0 Å². The Balaban J connectivity index is 1.76. The molecule has 3 aromatic carbocycles. The molecule has 4 rings (SSSR count). The van der Waals surface area contributed by atoms with Gasteiger partial charge in [0.15, 0.2) is 0 Å². The van der Waals surface area contributed by atoms with Crippen molar-refractivity contribution in [1.29, 1.82) is 0 Å². The molecule has 0 bridgehead atoms. The van der Waals surface area contributed by atoms with Gasteiger partial charge in [0.25, 0.3) is 10.0 Å². The molecule has 1 aliphatic rings. The fourth-order valence-corrected chi connectivity index (χ4v) is 4.99. The lowest BCUT2D eigenvalue weighted by molar-refractivity contribution is 0.370. The van der Waals surface area contributed by atoms with E-state index in [4.69, 9.17) is 9.47 Å². The van der Waals surface area contributed by atoms with Crippen LogP contribution in [-0.4, -0.2) is 32.8 Å². The summed E-state index contributed by atoms with van der Waals surface area (Å²) in [6, 6.07) is 21.3. The van der Waals surface area contributed by atoms with Gasteiger partial charge in [-0.05, 0) is 66.6 Å². The first-order chi connectivity index (χ1) is 14.9. The van der Waals surface area contributed by atoms with E-state index >= 15 is 0 Å². The van der Waals surface area contributed by atoms with E-state index in [1.54, 1.807) is 38.5 Å². The molecule has 6 nitrogen and oxygen atoms in total. The van der Waals surface area contributed by atoms with Crippen LogP contribution in [0.5, 0.6) is 11.5 Å². The largest absolute Gasteiger partial charge is 0.497 e. The van der Waals surface area contributed by atoms with Crippen LogP contribution < -0.4 is 9.47 Å². The van der Waals surface area contributed by atoms with E-state index < -0.39 is 16.1 Å². The van der Waals surface area contributed by atoms with Crippen molar-refractivity contribution in [2.75, 3.05) is 14.2 Å². The van der Waals surface area contributed by atoms with Crippen LogP contribution in [0.4, 0.5) is 0 Å². The molecule has 31 heavy (non-hydrogen) atoms. The summed E-state index contributed by atoms with van der Waals surface area (Å²) < 4.78 is 38.7. The third-order valence-electron chi connectivity index (χ3n) is 5.36. The van der Waals surface area contributed by atoms with Crippen molar-refractivity contribution in [3.05, 3.63) is 89.5 Å². The third-order valence-corrected chi connectivity index (χ3v) is 7.06. The fraction of sp³-hybridized carbons (Fsp3) is 0.208. The lowest BCUT2D eigenvalue weighted by Crippen LogP contribution is -2.27. The smallest absolute Gasteiger partial charge is 0.279 e. The molecule has 0 aromatic heterocycles. The summed E-state index contributed by atoms with van der Waals surface area (Å²) in [5.41, 5.74) is 3.42. The summed E-state index contributed by atoms with van der Waals surface area (Å²) in [6.45, 7) is 1.92. The highest BCUT2D eigenvalue weighted by Gasteiger charge is 2.37. The van der Waals surface area contributed by atoms with Gasteiger partial charge >= 0.3 is 0 Å². The molecule has 0 unspecified atom stereocenters. The highest BCUT2D eigenvalue weighted by molar-refractivity contribution is 7.89. The quantitative estimate of drug-likeness (QED) is 0.568. The lowest BCUT2D eigenvalue weighted by atomic mass is 9.99. The molecule has 0 spiro atoms. The summed E-state index contributed by atoms with van der Waals surface area (Å²) >= 11 is 0. The van der Waals surface area contributed by atoms with Crippen LogP contribution in [0, 0.1) is 6.92 Å². The van der Waals surface area contributed by atoms with E-state index in [1.807, 2.05) is 55.5 Å². The van der Waals surface area contributed by atoms with Crippen LogP contribution in [0.1, 0.15) is 29.2 Å². The zero-order chi connectivity index (χ0) is 22.0. The van der Waals surface area contributed by atoms with E-state index in [2.05, 4.69) is 5.10 Å². The number of hydrogen-bond acceptors (Lipinski definition) is 5. The van der Waals surface area contributed by atoms with Gasteiger partial charge in [-0.3, -0.25) is 0 Å². The number of ether oxygens (including phenoxy) is 2.